The van der Waals surface area contributed by atoms with Gasteiger partial charge in [-0.05, 0) is 24.6 Å². The summed E-state index contributed by atoms with van der Waals surface area (Å²) in [5.74, 6) is 1.21. The third-order valence-electron chi connectivity index (χ3n) is 2.25. The van der Waals surface area contributed by atoms with Gasteiger partial charge >= 0.3 is 0 Å². The number of phenolic OH excluding ortho intramolecular Hbond substituents is 1. The first kappa shape index (κ1) is 12.6. The summed E-state index contributed by atoms with van der Waals surface area (Å²) in [4.78, 5) is 0. The van der Waals surface area contributed by atoms with Crippen LogP contribution in [0.15, 0.2) is 24.3 Å². The van der Waals surface area contributed by atoms with Crippen LogP contribution in [0.3, 0.4) is 0 Å². The topological polar surface area (TPSA) is 32.3 Å². The Hall–Kier alpha value is -0.440. The highest BCUT2D eigenvalue weighted by atomic mass is 35.5. The molecule has 0 aliphatic heterocycles. The van der Waals surface area contributed by atoms with Gasteiger partial charge in [-0.25, -0.2) is 0 Å². The molecule has 1 rings (SSSR count). The van der Waals surface area contributed by atoms with Crippen LogP contribution >= 0.6 is 23.2 Å². The first-order valence-corrected chi connectivity index (χ1v) is 5.81. The maximum Gasteiger partial charge on any atom is 0.115 e. The Bertz CT molecular complexity index is 296. The van der Waals surface area contributed by atoms with Gasteiger partial charge in [-0.3, -0.25) is 0 Å². The molecule has 0 radical (unpaired) electrons. The van der Waals surface area contributed by atoms with Crippen LogP contribution in [0, 0.1) is 0 Å². The van der Waals surface area contributed by atoms with Gasteiger partial charge in [-0.2, -0.15) is 0 Å². The molecular weight excluding hydrogens is 233 g/mol. The van der Waals surface area contributed by atoms with Gasteiger partial charge in [0.2, 0.25) is 0 Å². The molecule has 0 aromatic heterocycles. The molecule has 84 valence electrons. The van der Waals surface area contributed by atoms with Crippen LogP contribution in [0.4, 0.5) is 0 Å². The van der Waals surface area contributed by atoms with Crippen LogP contribution in [-0.4, -0.2) is 22.4 Å². The molecule has 0 saturated heterocycles. The third-order valence-corrected chi connectivity index (χ3v) is 3.43. The van der Waals surface area contributed by atoms with E-state index in [9.17, 15) is 0 Å². The van der Waals surface area contributed by atoms with Gasteiger partial charge in [0, 0.05) is 23.8 Å². The van der Waals surface area contributed by atoms with Crippen molar-refractivity contribution in [2.75, 3.05) is 11.8 Å². The minimum absolute atomic E-state index is 0.249. The average molecular weight is 248 g/mol. The van der Waals surface area contributed by atoms with Crippen molar-refractivity contribution in [3.05, 3.63) is 29.8 Å². The quantitative estimate of drug-likeness (QED) is 0.785. The van der Waals surface area contributed by atoms with E-state index in [0.29, 0.717) is 18.3 Å². The molecule has 0 spiro atoms. The second-order valence-electron chi connectivity index (χ2n) is 3.85. The number of aromatic hydroxyl groups is 1. The van der Waals surface area contributed by atoms with E-state index in [1.807, 2.05) is 19.1 Å². The minimum Gasteiger partial charge on any atom is -0.508 e. The summed E-state index contributed by atoms with van der Waals surface area (Å²) >= 11 is 11.6. The Morgan fingerprint density at radius 3 is 2.20 bits per heavy atom. The smallest absolute Gasteiger partial charge is 0.115 e. The molecular formula is C11H15Cl2NO. The van der Waals surface area contributed by atoms with Gasteiger partial charge in [0.1, 0.15) is 5.75 Å². The van der Waals surface area contributed by atoms with E-state index < -0.39 is 0 Å². The summed E-state index contributed by atoms with van der Waals surface area (Å²) in [6, 6.07) is 7.06. The SMILES string of the molecule is CC(CCl)(CCl)NCc1ccc(O)cc1. The molecule has 15 heavy (non-hydrogen) atoms. The molecule has 0 amide bonds. The molecule has 0 saturated carbocycles. The van der Waals surface area contributed by atoms with Gasteiger partial charge in [-0.15, -0.1) is 23.2 Å². The Morgan fingerprint density at radius 1 is 1.20 bits per heavy atom. The molecule has 0 heterocycles. The Kier molecular flexibility index (Phi) is 4.71. The van der Waals surface area contributed by atoms with E-state index in [-0.39, 0.29) is 11.3 Å². The van der Waals surface area contributed by atoms with Crippen molar-refractivity contribution >= 4 is 23.2 Å². The van der Waals surface area contributed by atoms with Crippen molar-refractivity contribution in [2.45, 2.75) is 19.0 Å². The summed E-state index contributed by atoms with van der Waals surface area (Å²) in [7, 11) is 0. The van der Waals surface area contributed by atoms with Gasteiger partial charge in [0.05, 0.1) is 0 Å². The monoisotopic (exact) mass is 247 g/mol. The van der Waals surface area contributed by atoms with Crippen LogP contribution in [0.2, 0.25) is 0 Å². The first-order valence-electron chi connectivity index (χ1n) is 4.74. The van der Waals surface area contributed by atoms with Crippen molar-refractivity contribution in [3.8, 4) is 5.75 Å². The number of hydrogen-bond donors (Lipinski definition) is 2. The standard InChI is InChI=1S/C11H15Cl2NO/c1-11(7-12,8-13)14-6-9-2-4-10(15)5-3-9/h2-5,14-15H,6-8H2,1H3. The largest absolute Gasteiger partial charge is 0.508 e. The van der Waals surface area contributed by atoms with Crippen LogP contribution in [0.5, 0.6) is 5.75 Å². The van der Waals surface area contributed by atoms with Crippen LogP contribution in [0.1, 0.15) is 12.5 Å². The van der Waals surface area contributed by atoms with E-state index in [0.717, 1.165) is 5.56 Å². The number of alkyl halides is 2. The number of benzene rings is 1. The lowest BCUT2D eigenvalue weighted by Crippen LogP contribution is -2.45. The van der Waals surface area contributed by atoms with Crippen LogP contribution < -0.4 is 5.32 Å². The van der Waals surface area contributed by atoms with Gasteiger partial charge in [0.15, 0.2) is 0 Å². The molecule has 4 heteroatoms. The van der Waals surface area contributed by atoms with E-state index >= 15 is 0 Å². The van der Waals surface area contributed by atoms with E-state index in [4.69, 9.17) is 28.3 Å². The normalized spacial score (nSPS) is 11.7. The second kappa shape index (κ2) is 5.59. The molecule has 0 unspecified atom stereocenters. The highest BCUT2D eigenvalue weighted by Gasteiger charge is 2.20. The molecule has 2 N–H and O–H groups in total. The fourth-order valence-electron chi connectivity index (χ4n) is 1.06. The highest BCUT2D eigenvalue weighted by molar-refractivity contribution is 6.22. The molecule has 1 aromatic carbocycles. The molecule has 0 aliphatic rings. The number of hydrogen-bond acceptors (Lipinski definition) is 2. The Labute approximate surface area is 100 Å². The zero-order valence-electron chi connectivity index (χ0n) is 8.63. The molecule has 0 atom stereocenters. The van der Waals surface area contributed by atoms with E-state index in [2.05, 4.69) is 5.32 Å². The van der Waals surface area contributed by atoms with Crippen molar-refractivity contribution in [1.29, 1.82) is 0 Å². The van der Waals surface area contributed by atoms with Gasteiger partial charge < -0.3 is 10.4 Å². The Balaban J connectivity index is 2.53. The van der Waals surface area contributed by atoms with E-state index in [1.165, 1.54) is 0 Å². The molecule has 2 nitrogen and oxygen atoms in total. The van der Waals surface area contributed by atoms with Crippen LogP contribution in [0.25, 0.3) is 0 Å². The minimum atomic E-state index is -0.249. The number of halogens is 2. The fourth-order valence-corrected chi connectivity index (χ4v) is 1.53. The molecule has 0 fully saturated rings. The summed E-state index contributed by atoms with van der Waals surface area (Å²) < 4.78 is 0. The number of phenols is 1. The fraction of sp³-hybridized carbons (Fsp3) is 0.455. The van der Waals surface area contributed by atoms with Crippen LogP contribution in [-0.2, 0) is 6.54 Å². The van der Waals surface area contributed by atoms with E-state index in [1.54, 1.807) is 12.1 Å². The third kappa shape index (κ3) is 3.90. The predicted molar refractivity (Wildman–Crippen MR) is 64.8 cm³/mol. The first-order chi connectivity index (χ1) is 7.09. The lowest BCUT2D eigenvalue weighted by molar-refractivity contribution is 0.434. The maximum absolute atomic E-state index is 9.11. The summed E-state index contributed by atoms with van der Waals surface area (Å²) in [6.45, 7) is 2.67. The zero-order valence-corrected chi connectivity index (χ0v) is 10.1. The van der Waals surface area contributed by atoms with Crippen molar-refractivity contribution < 1.29 is 5.11 Å². The second-order valence-corrected chi connectivity index (χ2v) is 4.38. The molecule has 0 bridgehead atoms. The van der Waals surface area contributed by atoms with Crippen molar-refractivity contribution in [1.82, 2.24) is 5.32 Å². The predicted octanol–water partition coefficient (Wildman–Crippen LogP) is 2.72. The number of nitrogens with one attached hydrogen (secondary N) is 1. The lowest BCUT2D eigenvalue weighted by atomic mass is 10.1. The summed E-state index contributed by atoms with van der Waals surface area (Å²) in [6.07, 6.45) is 0. The molecule has 1 aromatic rings. The van der Waals surface area contributed by atoms with Gasteiger partial charge in [-0.1, -0.05) is 12.1 Å². The maximum atomic E-state index is 9.11. The number of rotatable bonds is 5. The van der Waals surface area contributed by atoms with Crippen molar-refractivity contribution in [3.63, 3.8) is 0 Å². The summed E-state index contributed by atoms with van der Waals surface area (Å²) in [5.41, 5.74) is 0.843. The van der Waals surface area contributed by atoms with Crippen molar-refractivity contribution in [2.24, 2.45) is 0 Å². The lowest BCUT2D eigenvalue weighted by Gasteiger charge is -2.26. The van der Waals surface area contributed by atoms with Gasteiger partial charge in [0.25, 0.3) is 0 Å². The Morgan fingerprint density at radius 2 is 1.73 bits per heavy atom. The molecule has 0 aliphatic carbocycles. The average Bonchev–Trinajstić information content (AvgIpc) is 2.28. The summed E-state index contributed by atoms with van der Waals surface area (Å²) in [5, 5.41) is 12.4. The highest BCUT2D eigenvalue weighted by Crippen LogP contribution is 2.13. The zero-order chi connectivity index (χ0) is 11.3.